The Balaban J connectivity index is 1.97. The van der Waals surface area contributed by atoms with Gasteiger partial charge in [-0.1, -0.05) is 29.8 Å². The monoisotopic (exact) mass is 259 g/mol. The molecular weight excluding hydrogens is 238 g/mol. The zero-order valence-electron chi connectivity index (χ0n) is 11.4. The smallest absolute Gasteiger partial charge is 0.0415 e. The van der Waals surface area contributed by atoms with Crippen molar-refractivity contribution in [1.82, 2.24) is 5.32 Å². The summed E-state index contributed by atoms with van der Waals surface area (Å²) in [5.74, 6) is 0. The van der Waals surface area contributed by atoms with E-state index in [1.807, 2.05) is 11.3 Å². The first-order valence-corrected chi connectivity index (χ1v) is 7.30. The van der Waals surface area contributed by atoms with Gasteiger partial charge in [0.15, 0.2) is 0 Å². The van der Waals surface area contributed by atoms with E-state index in [-0.39, 0.29) is 0 Å². The van der Waals surface area contributed by atoms with Crippen molar-refractivity contribution in [3.63, 3.8) is 0 Å². The molecule has 2 rings (SSSR count). The molecule has 1 N–H and O–H groups in total. The Morgan fingerprint density at radius 2 is 1.78 bits per heavy atom. The molecule has 1 atom stereocenters. The first-order chi connectivity index (χ1) is 8.69. The Hall–Kier alpha value is -1.12. The Bertz CT molecular complexity index is 484. The molecule has 0 amide bonds. The van der Waals surface area contributed by atoms with Gasteiger partial charge in [-0.2, -0.15) is 0 Å². The maximum absolute atomic E-state index is 3.42. The summed E-state index contributed by atoms with van der Waals surface area (Å²) >= 11 is 1.90. The second kappa shape index (κ2) is 6.17. The average molecular weight is 259 g/mol. The molecule has 1 heterocycles. The van der Waals surface area contributed by atoms with Crippen molar-refractivity contribution in [1.29, 1.82) is 0 Å². The maximum atomic E-state index is 3.42. The number of hydrogen-bond donors (Lipinski definition) is 1. The second-order valence-corrected chi connectivity index (χ2v) is 6.13. The standard InChI is InChI=1S/C16H21NS/c1-12-4-7-14(8-5-12)9-10-15(17-3)16-11-6-13(2)18-16/h4-8,11,15,17H,9-10H2,1-3H3. The van der Waals surface area contributed by atoms with Crippen molar-refractivity contribution in [2.45, 2.75) is 32.7 Å². The number of thiophene rings is 1. The molecule has 2 heteroatoms. The summed E-state index contributed by atoms with van der Waals surface area (Å²) < 4.78 is 0. The molecule has 0 radical (unpaired) electrons. The van der Waals surface area contributed by atoms with Crippen LogP contribution < -0.4 is 5.32 Å². The van der Waals surface area contributed by atoms with Crippen molar-refractivity contribution in [2.24, 2.45) is 0 Å². The molecule has 0 spiro atoms. The van der Waals surface area contributed by atoms with Crippen LogP contribution in [-0.2, 0) is 6.42 Å². The fourth-order valence-corrected chi connectivity index (χ4v) is 3.16. The van der Waals surface area contributed by atoms with Crippen molar-refractivity contribution < 1.29 is 0 Å². The van der Waals surface area contributed by atoms with Crippen LogP contribution in [0.15, 0.2) is 36.4 Å². The van der Waals surface area contributed by atoms with Gasteiger partial charge in [-0.15, -0.1) is 11.3 Å². The molecule has 0 saturated heterocycles. The van der Waals surface area contributed by atoms with E-state index in [0.717, 1.165) is 12.8 Å². The van der Waals surface area contributed by atoms with Crippen molar-refractivity contribution in [3.05, 3.63) is 57.3 Å². The van der Waals surface area contributed by atoms with Crippen LogP contribution in [-0.4, -0.2) is 7.05 Å². The van der Waals surface area contributed by atoms with Crippen LogP contribution >= 0.6 is 11.3 Å². The molecule has 1 aromatic heterocycles. The third kappa shape index (κ3) is 3.44. The Morgan fingerprint density at radius 1 is 1.06 bits per heavy atom. The number of hydrogen-bond acceptors (Lipinski definition) is 2. The highest BCUT2D eigenvalue weighted by atomic mass is 32.1. The van der Waals surface area contributed by atoms with Crippen LogP contribution in [0.25, 0.3) is 0 Å². The second-order valence-electron chi connectivity index (χ2n) is 4.81. The summed E-state index contributed by atoms with van der Waals surface area (Å²) in [6, 6.07) is 13.8. The highest BCUT2D eigenvalue weighted by Crippen LogP contribution is 2.26. The number of rotatable bonds is 5. The zero-order chi connectivity index (χ0) is 13.0. The highest BCUT2D eigenvalue weighted by Gasteiger charge is 2.11. The summed E-state index contributed by atoms with van der Waals surface area (Å²) in [5, 5.41) is 3.42. The van der Waals surface area contributed by atoms with E-state index < -0.39 is 0 Å². The van der Waals surface area contributed by atoms with Gasteiger partial charge in [0.25, 0.3) is 0 Å². The van der Waals surface area contributed by atoms with E-state index in [4.69, 9.17) is 0 Å². The van der Waals surface area contributed by atoms with Gasteiger partial charge < -0.3 is 5.32 Å². The maximum Gasteiger partial charge on any atom is 0.0415 e. The Labute approximate surface area is 114 Å². The minimum absolute atomic E-state index is 0.477. The first-order valence-electron chi connectivity index (χ1n) is 6.48. The molecule has 0 aliphatic rings. The molecule has 2 aromatic rings. The molecule has 0 saturated carbocycles. The molecule has 96 valence electrons. The summed E-state index contributed by atoms with van der Waals surface area (Å²) in [4.78, 5) is 2.84. The molecule has 0 aliphatic carbocycles. The van der Waals surface area contributed by atoms with Gasteiger partial charge in [0.2, 0.25) is 0 Å². The lowest BCUT2D eigenvalue weighted by molar-refractivity contribution is 0.558. The van der Waals surface area contributed by atoms with Crippen molar-refractivity contribution >= 4 is 11.3 Å². The summed E-state index contributed by atoms with van der Waals surface area (Å²) in [6.07, 6.45) is 2.28. The minimum Gasteiger partial charge on any atom is -0.312 e. The first kappa shape index (κ1) is 13.3. The van der Waals surface area contributed by atoms with E-state index in [2.05, 4.69) is 62.6 Å². The lowest BCUT2D eigenvalue weighted by Crippen LogP contribution is -2.15. The Morgan fingerprint density at radius 3 is 2.33 bits per heavy atom. The topological polar surface area (TPSA) is 12.0 Å². The van der Waals surface area contributed by atoms with Crippen molar-refractivity contribution in [2.75, 3.05) is 7.05 Å². The summed E-state index contributed by atoms with van der Waals surface area (Å²) in [5.41, 5.74) is 2.76. The summed E-state index contributed by atoms with van der Waals surface area (Å²) in [6.45, 7) is 4.30. The molecule has 1 aromatic carbocycles. The van der Waals surface area contributed by atoms with Crippen LogP contribution in [0.1, 0.15) is 33.3 Å². The quantitative estimate of drug-likeness (QED) is 0.846. The normalized spacial score (nSPS) is 12.6. The molecule has 18 heavy (non-hydrogen) atoms. The van der Waals surface area contributed by atoms with Gasteiger partial charge in [0.1, 0.15) is 0 Å². The third-order valence-corrected chi connectivity index (χ3v) is 4.41. The van der Waals surface area contributed by atoms with Gasteiger partial charge >= 0.3 is 0 Å². The number of nitrogens with one attached hydrogen (secondary N) is 1. The van der Waals surface area contributed by atoms with Gasteiger partial charge in [-0.25, -0.2) is 0 Å². The van der Waals surface area contributed by atoms with Gasteiger partial charge in [0, 0.05) is 15.8 Å². The number of aryl methyl sites for hydroxylation is 3. The van der Waals surface area contributed by atoms with E-state index in [0.29, 0.717) is 6.04 Å². The van der Waals surface area contributed by atoms with Crippen LogP contribution in [0.4, 0.5) is 0 Å². The van der Waals surface area contributed by atoms with Crippen LogP contribution in [0.5, 0.6) is 0 Å². The van der Waals surface area contributed by atoms with E-state index in [9.17, 15) is 0 Å². The molecule has 0 bridgehead atoms. The lowest BCUT2D eigenvalue weighted by atomic mass is 10.0. The predicted octanol–water partition coefficient (Wildman–Crippen LogP) is 4.26. The van der Waals surface area contributed by atoms with E-state index in [1.54, 1.807) is 0 Å². The summed E-state index contributed by atoms with van der Waals surface area (Å²) in [7, 11) is 2.05. The molecular formula is C16H21NS. The van der Waals surface area contributed by atoms with Gasteiger partial charge in [-0.3, -0.25) is 0 Å². The fraction of sp³-hybridized carbons (Fsp3) is 0.375. The highest BCUT2D eigenvalue weighted by molar-refractivity contribution is 7.12. The predicted molar refractivity (Wildman–Crippen MR) is 80.4 cm³/mol. The third-order valence-electron chi connectivity index (χ3n) is 3.30. The molecule has 0 fully saturated rings. The lowest BCUT2D eigenvalue weighted by Gasteiger charge is -2.14. The largest absolute Gasteiger partial charge is 0.312 e. The average Bonchev–Trinajstić information content (AvgIpc) is 2.79. The van der Waals surface area contributed by atoms with Gasteiger partial charge in [-0.05, 0) is 51.4 Å². The molecule has 1 unspecified atom stereocenters. The number of benzene rings is 1. The fourth-order valence-electron chi connectivity index (χ4n) is 2.14. The Kier molecular flexibility index (Phi) is 4.56. The molecule has 1 nitrogen and oxygen atoms in total. The molecule has 0 aliphatic heterocycles. The van der Waals surface area contributed by atoms with E-state index >= 15 is 0 Å². The van der Waals surface area contributed by atoms with E-state index in [1.165, 1.54) is 20.9 Å². The van der Waals surface area contributed by atoms with Crippen LogP contribution in [0.2, 0.25) is 0 Å². The SMILES string of the molecule is CNC(CCc1ccc(C)cc1)c1ccc(C)s1. The van der Waals surface area contributed by atoms with Crippen LogP contribution in [0, 0.1) is 13.8 Å². The van der Waals surface area contributed by atoms with Crippen molar-refractivity contribution in [3.8, 4) is 0 Å². The van der Waals surface area contributed by atoms with Crippen LogP contribution in [0.3, 0.4) is 0 Å². The zero-order valence-corrected chi connectivity index (χ0v) is 12.2. The van der Waals surface area contributed by atoms with Gasteiger partial charge in [0.05, 0.1) is 0 Å². The minimum atomic E-state index is 0.477.